The van der Waals surface area contributed by atoms with E-state index in [4.69, 9.17) is 10.5 Å². The fourth-order valence-electron chi connectivity index (χ4n) is 2.73. The SMILES string of the molecule is CCOc1ccccc1-c1c(C)sc(N)c1C(=O)N(CC)CC. The van der Waals surface area contributed by atoms with Gasteiger partial charge in [-0.2, -0.15) is 0 Å². The summed E-state index contributed by atoms with van der Waals surface area (Å²) in [5.74, 6) is 0.766. The number of aryl methyl sites for hydroxylation is 1. The lowest BCUT2D eigenvalue weighted by molar-refractivity contribution is 0.0775. The lowest BCUT2D eigenvalue weighted by atomic mass is 9.99. The molecule has 23 heavy (non-hydrogen) atoms. The van der Waals surface area contributed by atoms with Gasteiger partial charge < -0.3 is 15.4 Å². The fraction of sp³-hybridized carbons (Fsp3) is 0.389. The first-order valence-corrected chi connectivity index (χ1v) is 8.77. The number of hydrogen-bond acceptors (Lipinski definition) is 4. The van der Waals surface area contributed by atoms with Gasteiger partial charge in [-0.05, 0) is 33.8 Å². The quantitative estimate of drug-likeness (QED) is 0.863. The largest absolute Gasteiger partial charge is 0.493 e. The maximum Gasteiger partial charge on any atom is 0.257 e. The number of amides is 1. The van der Waals surface area contributed by atoms with Crippen LogP contribution in [-0.4, -0.2) is 30.5 Å². The van der Waals surface area contributed by atoms with E-state index in [0.29, 0.717) is 30.3 Å². The summed E-state index contributed by atoms with van der Waals surface area (Å²) in [6.07, 6.45) is 0. The monoisotopic (exact) mass is 332 g/mol. The third-order valence-corrected chi connectivity index (χ3v) is 4.77. The number of nitrogens with zero attached hydrogens (tertiary/aromatic N) is 1. The number of hydrogen-bond donors (Lipinski definition) is 1. The highest BCUT2D eigenvalue weighted by Crippen LogP contribution is 2.42. The number of thiophene rings is 1. The van der Waals surface area contributed by atoms with Gasteiger partial charge in [-0.25, -0.2) is 0 Å². The van der Waals surface area contributed by atoms with Crippen LogP contribution in [0.5, 0.6) is 5.75 Å². The van der Waals surface area contributed by atoms with Crippen LogP contribution in [0.1, 0.15) is 36.0 Å². The van der Waals surface area contributed by atoms with E-state index in [2.05, 4.69) is 0 Å². The van der Waals surface area contributed by atoms with Crippen LogP contribution in [0, 0.1) is 6.92 Å². The molecule has 1 aromatic carbocycles. The van der Waals surface area contributed by atoms with Gasteiger partial charge in [0.15, 0.2) is 0 Å². The average molecular weight is 332 g/mol. The molecule has 124 valence electrons. The average Bonchev–Trinajstić information content (AvgIpc) is 2.83. The van der Waals surface area contributed by atoms with Gasteiger partial charge in [0.1, 0.15) is 5.75 Å². The Bertz CT molecular complexity index is 690. The van der Waals surface area contributed by atoms with Crippen molar-refractivity contribution in [3.63, 3.8) is 0 Å². The number of benzene rings is 1. The smallest absolute Gasteiger partial charge is 0.257 e. The number of carbonyl (C=O) groups is 1. The minimum atomic E-state index is -0.0156. The van der Waals surface area contributed by atoms with Crippen LogP contribution in [0.15, 0.2) is 24.3 Å². The molecule has 0 fully saturated rings. The molecule has 1 amide bonds. The van der Waals surface area contributed by atoms with E-state index in [-0.39, 0.29) is 5.91 Å². The van der Waals surface area contributed by atoms with E-state index in [9.17, 15) is 4.79 Å². The van der Waals surface area contributed by atoms with Gasteiger partial charge >= 0.3 is 0 Å². The Balaban J connectivity index is 2.63. The van der Waals surface area contributed by atoms with Crippen molar-refractivity contribution in [1.82, 2.24) is 4.90 Å². The second kappa shape index (κ2) is 7.51. The Kier molecular flexibility index (Phi) is 5.66. The van der Waals surface area contributed by atoms with Gasteiger partial charge in [0.05, 0.1) is 17.2 Å². The minimum absolute atomic E-state index is 0.0156. The Hall–Kier alpha value is -2.01. The predicted molar refractivity (Wildman–Crippen MR) is 97.3 cm³/mol. The summed E-state index contributed by atoms with van der Waals surface area (Å²) in [7, 11) is 0. The number of ether oxygens (including phenoxy) is 1. The summed E-state index contributed by atoms with van der Waals surface area (Å²) < 4.78 is 5.74. The molecule has 0 saturated carbocycles. The fourth-order valence-corrected chi connectivity index (χ4v) is 3.66. The Morgan fingerprint density at radius 1 is 1.22 bits per heavy atom. The van der Waals surface area contributed by atoms with Gasteiger partial charge in [0.25, 0.3) is 5.91 Å². The summed E-state index contributed by atoms with van der Waals surface area (Å²) in [6, 6.07) is 7.80. The minimum Gasteiger partial charge on any atom is -0.493 e. The summed E-state index contributed by atoms with van der Waals surface area (Å²) in [6.45, 7) is 9.81. The zero-order chi connectivity index (χ0) is 17.0. The van der Waals surface area contributed by atoms with Crippen LogP contribution in [0.2, 0.25) is 0 Å². The van der Waals surface area contributed by atoms with Crippen molar-refractivity contribution in [3.05, 3.63) is 34.7 Å². The lowest BCUT2D eigenvalue weighted by Gasteiger charge is -2.20. The highest BCUT2D eigenvalue weighted by Gasteiger charge is 2.26. The Labute approximate surface area is 141 Å². The van der Waals surface area contributed by atoms with Crippen molar-refractivity contribution in [2.75, 3.05) is 25.4 Å². The molecule has 0 spiro atoms. The topological polar surface area (TPSA) is 55.6 Å². The molecular formula is C18H24N2O2S. The van der Waals surface area contributed by atoms with Crippen molar-refractivity contribution in [2.24, 2.45) is 0 Å². The number of nitrogens with two attached hydrogens (primary N) is 1. The zero-order valence-electron chi connectivity index (χ0n) is 14.2. The van der Waals surface area contributed by atoms with Gasteiger partial charge in [0.2, 0.25) is 0 Å². The van der Waals surface area contributed by atoms with Crippen molar-refractivity contribution < 1.29 is 9.53 Å². The first kappa shape index (κ1) is 17.3. The first-order chi connectivity index (χ1) is 11.0. The van der Waals surface area contributed by atoms with Gasteiger partial charge in [-0.3, -0.25) is 4.79 Å². The molecule has 4 nitrogen and oxygen atoms in total. The molecule has 0 aliphatic carbocycles. The van der Waals surface area contributed by atoms with Crippen LogP contribution < -0.4 is 10.5 Å². The Morgan fingerprint density at radius 2 is 1.87 bits per heavy atom. The van der Waals surface area contributed by atoms with Crippen LogP contribution >= 0.6 is 11.3 Å². The third kappa shape index (κ3) is 3.34. The van der Waals surface area contributed by atoms with Crippen LogP contribution in [0.4, 0.5) is 5.00 Å². The molecule has 0 atom stereocenters. The number of para-hydroxylation sites is 1. The van der Waals surface area contributed by atoms with E-state index in [0.717, 1.165) is 21.8 Å². The molecule has 5 heteroatoms. The van der Waals surface area contributed by atoms with Gasteiger partial charge in [-0.1, -0.05) is 18.2 Å². The highest BCUT2D eigenvalue weighted by atomic mass is 32.1. The predicted octanol–water partition coefficient (Wildman–Crippen LogP) is 4.19. The molecule has 0 bridgehead atoms. The number of carbonyl (C=O) groups excluding carboxylic acids is 1. The number of rotatable bonds is 6. The van der Waals surface area contributed by atoms with Crippen LogP contribution in [-0.2, 0) is 0 Å². The molecule has 2 aromatic rings. The molecule has 0 radical (unpaired) electrons. The maximum atomic E-state index is 12.9. The molecule has 1 heterocycles. The van der Waals surface area contributed by atoms with E-state index < -0.39 is 0 Å². The van der Waals surface area contributed by atoms with Crippen molar-refractivity contribution in [3.8, 4) is 16.9 Å². The summed E-state index contributed by atoms with van der Waals surface area (Å²) in [5, 5.41) is 0.570. The van der Waals surface area contributed by atoms with E-state index in [1.54, 1.807) is 4.90 Å². The second-order valence-corrected chi connectivity index (χ2v) is 6.44. The molecule has 0 aliphatic heterocycles. The highest BCUT2D eigenvalue weighted by molar-refractivity contribution is 7.16. The first-order valence-electron chi connectivity index (χ1n) is 7.95. The molecule has 1 aromatic heterocycles. The van der Waals surface area contributed by atoms with E-state index in [1.165, 1.54) is 11.3 Å². The summed E-state index contributed by atoms with van der Waals surface area (Å²) in [5.41, 5.74) is 8.61. The second-order valence-electron chi connectivity index (χ2n) is 5.18. The normalized spacial score (nSPS) is 10.6. The molecular weight excluding hydrogens is 308 g/mol. The van der Waals surface area contributed by atoms with Crippen LogP contribution in [0.3, 0.4) is 0 Å². The molecule has 0 saturated heterocycles. The summed E-state index contributed by atoms with van der Waals surface area (Å²) in [4.78, 5) is 15.7. The van der Waals surface area contributed by atoms with E-state index >= 15 is 0 Å². The van der Waals surface area contributed by atoms with Gasteiger partial charge in [0, 0.05) is 29.1 Å². The molecule has 0 aliphatic rings. The van der Waals surface area contributed by atoms with Crippen molar-refractivity contribution in [2.45, 2.75) is 27.7 Å². The van der Waals surface area contributed by atoms with Crippen molar-refractivity contribution >= 4 is 22.2 Å². The standard InChI is InChI=1S/C18H24N2O2S/c1-5-20(6-2)18(21)16-15(12(4)23-17(16)19)13-10-8-9-11-14(13)22-7-3/h8-11H,5-7,19H2,1-4H3. The summed E-state index contributed by atoms with van der Waals surface area (Å²) >= 11 is 1.46. The van der Waals surface area contributed by atoms with Gasteiger partial charge in [-0.15, -0.1) is 11.3 Å². The third-order valence-electron chi connectivity index (χ3n) is 3.83. The zero-order valence-corrected chi connectivity index (χ0v) is 15.0. The van der Waals surface area contributed by atoms with E-state index in [1.807, 2.05) is 52.0 Å². The van der Waals surface area contributed by atoms with Crippen molar-refractivity contribution in [1.29, 1.82) is 0 Å². The lowest BCUT2D eigenvalue weighted by Crippen LogP contribution is -2.31. The molecule has 2 N–H and O–H groups in total. The molecule has 2 rings (SSSR count). The maximum absolute atomic E-state index is 12.9. The Morgan fingerprint density at radius 3 is 2.48 bits per heavy atom. The molecule has 0 unspecified atom stereocenters. The van der Waals surface area contributed by atoms with Crippen LogP contribution in [0.25, 0.3) is 11.1 Å². The number of nitrogen functional groups attached to an aromatic ring is 1. The number of anilines is 1.